The van der Waals surface area contributed by atoms with E-state index < -0.39 is 0 Å². The molecule has 2 nitrogen and oxygen atoms in total. The first-order valence-corrected chi connectivity index (χ1v) is 19.1. The van der Waals surface area contributed by atoms with Crippen LogP contribution in [0.25, 0.3) is 84.5 Å². The Kier molecular flexibility index (Phi) is 6.63. The van der Waals surface area contributed by atoms with E-state index in [0.717, 1.165) is 44.4 Å². The zero-order valence-electron chi connectivity index (χ0n) is 27.9. The molecule has 0 aliphatic carbocycles. The van der Waals surface area contributed by atoms with Crippen molar-refractivity contribution in [3.63, 3.8) is 0 Å². The first-order valence-electron chi connectivity index (χ1n) is 17.5. The van der Waals surface area contributed by atoms with Gasteiger partial charge in [0.25, 0.3) is 0 Å². The van der Waals surface area contributed by atoms with Gasteiger partial charge in [0.15, 0.2) is 0 Å². The Balaban J connectivity index is 1.04. The van der Waals surface area contributed by atoms with Crippen LogP contribution in [-0.4, -0.2) is 0 Å². The molecule has 52 heavy (non-hydrogen) atoms. The normalized spacial score (nSPS) is 11.8. The molecule has 0 spiro atoms. The van der Waals surface area contributed by atoms with E-state index in [9.17, 15) is 0 Å². The Labute approximate surface area is 308 Å². The van der Waals surface area contributed by atoms with Crippen molar-refractivity contribution in [1.82, 2.24) is 0 Å². The SMILES string of the molecule is c1ccc2c(c1)oc1c(-c3ccc(N(c4ccc(-c5ccc6c(c5)sc5ccccc56)cc4)c4cccc5c4sc4ccccc45)cc3)cccc12. The topological polar surface area (TPSA) is 16.4 Å². The van der Waals surface area contributed by atoms with Crippen molar-refractivity contribution in [1.29, 1.82) is 0 Å². The van der Waals surface area contributed by atoms with Crippen molar-refractivity contribution in [2.45, 2.75) is 0 Å². The summed E-state index contributed by atoms with van der Waals surface area (Å²) in [5.41, 5.74) is 9.88. The number of benzene rings is 8. The van der Waals surface area contributed by atoms with E-state index in [1.54, 1.807) is 0 Å². The number of furan rings is 1. The minimum atomic E-state index is 0.913. The maximum atomic E-state index is 6.41. The second kappa shape index (κ2) is 11.7. The highest BCUT2D eigenvalue weighted by Gasteiger charge is 2.19. The highest BCUT2D eigenvalue weighted by molar-refractivity contribution is 7.26. The van der Waals surface area contributed by atoms with Crippen LogP contribution >= 0.6 is 22.7 Å². The fourth-order valence-corrected chi connectivity index (χ4v) is 10.2. The number of thiophene rings is 2. The summed E-state index contributed by atoms with van der Waals surface area (Å²) in [5, 5.41) is 7.52. The Morgan fingerprint density at radius 2 is 0.962 bits per heavy atom. The first kappa shape index (κ1) is 29.5. The Morgan fingerprint density at radius 1 is 0.385 bits per heavy atom. The number of rotatable bonds is 5. The lowest BCUT2D eigenvalue weighted by Gasteiger charge is -2.26. The molecule has 3 heterocycles. The van der Waals surface area contributed by atoms with E-state index in [1.165, 1.54) is 57.2 Å². The minimum Gasteiger partial charge on any atom is -0.455 e. The van der Waals surface area contributed by atoms with Crippen LogP contribution < -0.4 is 4.90 Å². The van der Waals surface area contributed by atoms with Gasteiger partial charge in [0.2, 0.25) is 0 Å². The van der Waals surface area contributed by atoms with E-state index in [4.69, 9.17) is 4.42 Å². The zero-order chi connectivity index (χ0) is 34.2. The molecule has 0 saturated heterocycles. The fourth-order valence-electron chi connectivity index (χ4n) is 7.81. The third-order valence-corrected chi connectivity index (χ3v) is 12.6. The average molecular weight is 700 g/mol. The molecule has 0 amide bonds. The first-order chi connectivity index (χ1) is 25.8. The summed E-state index contributed by atoms with van der Waals surface area (Å²) in [7, 11) is 0. The van der Waals surface area contributed by atoms with Gasteiger partial charge in [-0.1, -0.05) is 121 Å². The van der Waals surface area contributed by atoms with Gasteiger partial charge in [0.1, 0.15) is 11.2 Å². The molecule has 11 rings (SSSR count). The van der Waals surface area contributed by atoms with Crippen LogP contribution in [0.1, 0.15) is 0 Å². The molecule has 0 aliphatic rings. The summed E-state index contributed by atoms with van der Waals surface area (Å²) < 4.78 is 11.6. The second-order valence-corrected chi connectivity index (χ2v) is 15.4. The summed E-state index contributed by atoms with van der Waals surface area (Å²) in [6, 6.07) is 63.7. The van der Waals surface area contributed by atoms with Gasteiger partial charge in [0.05, 0.1) is 10.4 Å². The molecule has 0 radical (unpaired) electrons. The van der Waals surface area contributed by atoms with E-state index in [2.05, 4.69) is 169 Å². The third-order valence-electron chi connectivity index (χ3n) is 10.3. The summed E-state index contributed by atoms with van der Waals surface area (Å²) in [4.78, 5) is 2.40. The van der Waals surface area contributed by atoms with Crippen molar-refractivity contribution < 1.29 is 4.42 Å². The number of fused-ring (bicyclic) bond motifs is 9. The van der Waals surface area contributed by atoms with Crippen LogP contribution in [0, 0.1) is 0 Å². The lowest BCUT2D eigenvalue weighted by Crippen LogP contribution is -2.10. The van der Waals surface area contributed by atoms with Crippen LogP contribution in [0.2, 0.25) is 0 Å². The lowest BCUT2D eigenvalue weighted by atomic mass is 10.0. The van der Waals surface area contributed by atoms with Gasteiger partial charge in [-0.2, -0.15) is 0 Å². The summed E-state index contributed by atoms with van der Waals surface area (Å²) in [6.07, 6.45) is 0. The molecular formula is C48H29NOS2. The standard InChI is InChI=1S/C48H29NOS2/c1-4-16-43-36(9-1)40-13-7-12-35(47(40)50-43)31-21-26-34(27-22-31)49(42-15-8-14-41-38-11-3-6-18-45(38)52-48(41)42)33-24-19-30(20-25-33)32-23-28-39-37-10-2-5-17-44(37)51-46(39)29-32/h1-29H. The van der Waals surface area contributed by atoms with E-state index in [-0.39, 0.29) is 0 Å². The summed E-state index contributed by atoms with van der Waals surface area (Å²) >= 11 is 3.72. The number of hydrogen-bond donors (Lipinski definition) is 0. The highest BCUT2D eigenvalue weighted by Crippen LogP contribution is 2.46. The fraction of sp³-hybridized carbons (Fsp3) is 0. The molecule has 4 heteroatoms. The lowest BCUT2D eigenvalue weighted by molar-refractivity contribution is 0.670. The van der Waals surface area contributed by atoms with Gasteiger partial charge in [0, 0.05) is 63.4 Å². The molecular weight excluding hydrogens is 671 g/mol. The number of para-hydroxylation sites is 2. The van der Waals surface area contributed by atoms with Gasteiger partial charge in [-0.25, -0.2) is 0 Å². The van der Waals surface area contributed by atoms with Crippen molar-refractivity contribution >= 4 is 102 Å². The van der Waals surface area contributed by atoms with Gasteiger partial charge >= 0.3 is 0 Å². The minimum absolute atomic E-state index is 0.913. The molecule has 0 saturated carbocycles. The van der Waals surface area contributed by atoms with Gasteiger partial charge in [-0.15, -0.1) is 22.7 Å². The molecule has 0 aliphatic heterocycles. The maximum absolute atomic E-state index is 6.41. The third kappa shape index (κ3) is 4.62. The van der Waals surface area contributed by atoms with Gasteiger partial charge in [-0.05, 0) is 71.3 Å². The zero-order valence-corrected chi connectivity index (χ0v) is 29.5. The van der Waals surface area contributed by atoms with E-state index in [1.807, 2.05) is 34.8 Å². The average Bonchev–Trinajstić information content (AvgIpc) is 3.90. The Bertz CT molecular complexity index is 3130. The maximum Gasteiger partial charge on any atom is 0.143 e. The molecule has 0 fully saturated rings. The van der Waals surface area contributed by atoms with Gasteiger partial charge in [-0.3, -0.25) is 0 Å². The largest absolute Gasteiger partial charge is 0.455 e. The molecule has 0 unspecified atom stereocenters. The predicted octanol–water partition coefficient (Wildman–Crippen LogP) is 15.1. The van der Waals surface area contributed by atoms with Crippen LogP contribution in [0.3, 0.4) is 0 Å². The summed E-state index contributed by atoms with van der Waals surface area (Å²) in [5.74, 6) is 0. The smallest absolute Gasteiger partial charge is 0.143 e. The number of anilines is 3. The van der Waals surface area contributed by atoms with Crippen LogP contribution in [0.5, 0.6) is 0 Å². The van der Waals surface area contributed by atoms with E-state index in [0.29, 0.717) is 0 Å². The van der Waals surface area contributed by atoms with Crippen LogP contribution in [0.4, 0.5) is 17.1 Å². The Morgan fingerprint density at radius 3 is 1.75 bits per heavy atom. The van der Waals surface area contributed by atoms with Crippen molar-refractivity contribution in [3.8, 4) is 22.3 Å². The monoisotopic (exact) mass is 699 g/mol. The molecule has 0 bridgehead atoms. The molecule has 0 N–H and O–H groups in total. The molecule has 11 aromatic rings. The molecule has 3 aromatic heterocycles. The molecule has 244 valence electrons. The molecule has 0 atom stereocenters. The number of nitrogens with zero attached hydrogens (tertiary/aromatic N) is 1. The molecule has 8 aromatic carbocycles. The predicted molar refractivity (Wildman–Crippen MR) is 225 cm³/mol. The van der Waals surface area contributed by atoms with Crippen LogP contribution in [0.15, 0.2) is 180 Å². The summed E-state index contributed by atoms with van der Waals surface area (Å²) in [6.45, 7) is 0. The number of hydrogen-bond acceptors (Lipinski definition) is 4. The van der Waals surface area contributed by atoms with Crippen molar-refractivity contribution in [2.24, 2.45) is 0 Å². The Hall–Kier alpha value is -6.20. The highest BCUT2D eigenvalue weighted by atomic mass is 32.1. The van der Waals surface area contributed by atoms with Gasteiger partial charge < -0.3 is 9.32 Å². The van der Waals surface area contributed by atoms with Crippen molar-refractivity contribution in [3.05, 3.63) is 176 Å². The van der Waals surface area contributed by atoms with Crippen LogP contribution in [-0.2, 0) is 0 Å². The quantitative estimate of drug-likeness (QED) is 0.178. The van der Waals surface area contributed by atoms with Crippen molar-refractivity contribution in [2.75, 3.05) is 4.90 Å². The van der Waals surface area contributed by atoms with E-state index >= 15 is 0 Å². The second-order valence-electron chi connectivity index (χ2n) is 13.3.